The summed E-state index contributed by atoms with van der Waals surface area (Å²) in [6, 6.07) is 9.81. The zero-order valence-corrected chi connectivity index (χ0v) is 18.6. The predicted molar refractivity (Wildman–Crippen MR) is 119 cm³/mol. The molecule has 1 N–H and O–H groups in total. The van der Waals surface area contributed by atoms with E-state index in [4.69, 9.17) is 27.9 Å². The second-order valence-corrected chi connectivity index (χ2v) is 9.52. The minimum Gasteiger partial charge on any atom is -0.495 e. The van der Waals surface area contributed by atoms with E-state index in [9.17, 15) is 14.4 Å². The summed E-state index contributed by atoms with van der Waals surface area (Å²) in [7, 11) is 1.47. The van der Waals surface area contributed by atoms with Crippen molar-refractivity contribution in [2.24, 2.45) is 11.8 Å². The van der Waals surface area contributed by atoms with Crippen LogP contribution < -0.4 is 15.0 Å². The Hall–Kier alpha value is -2.61. The predicted octanol–water partition coefficient (Wildman–Crippen LogP) is 3.43. The first-order chi connectivity index (χ1) is 15.4. The molecule has 3 fully saturated rings. The highest BCUT2D eigenvalue weighted by Crippen LogP contribution is 2.61. The number of methoxy groups -OCH3 is 1. The van der Waals surface area contributed by atoms with Crippen molar-refractivity contribution in [2.45, 2.75) is 24.4 Å². The van der Waals surface area contributed by atoms with Gasteiger partial charge in [0.1, 0.15) is 11.3 Å². The molecule has 32 heavy (non-hydrogen) atoms. The Kier molecular flexibility index (Phi) is 4.19. The smallest absolute Gasteiger partial charge is 0.250 e. The Morgan fingerprint density at radius 1 is 1.06 bits per heavy atom. The number of rotatable bonds is 2. The topological polar surface area (TPSA) is 79.0 Å². The van der Waals surface area contributed by atoms with Crippen molar-refractivity contribution in [3.63, 3.8) is 0 Å². The summed E-state index contributed by atoms with van der Waals surface area (Å²) < 4.78 is 5.42. The number of hydrogen-bond donors (Lipinski definition) is 1. The number of carbonyl (C=O) groups is 3. The molecular formula is C23H19Cl2N3O4. The first-order valence-corrected chi connectivity index (χ1v) is 11.2. The maximum atomic E-state index is 14.0. The molecule has 2 aromatic carbocycles. The Morgan fingerprint density at radius 3 is 2.59 bits per heavy atom. The van der Waals surface area contributed by atoms with Crippen molar-refractivity contribution in [3.05, 3.63) is 52.0 Å². The van der Waals surface area contributed by atoms with Crippen LogP contribution in [0.5, 0.6) is 5.75 Å². The molecule has 6 rings (SSSR count). The normalized spacial score (nSPS) is 30.7. The average Bonchev–Trinajstić information content (AvgIpc) is 3.46. The number of amides is 3. The van der Waals surface area contributed by atoms with Crippen molar-refractivity contribution in [1.29, 1.82) is 0 Å². The summed E-state index contributed by atoms with van der Waals surface area (Å²) in [5.41, 5.74) is 0.327. The second-order valence-electron chi connectivity index (χ2n) is 8.64. The van der Waals surface area contributed by atoms with Crippen LogP contribution in [0.4, 0.5) is 11.4 Å². The van der Waals surface area contributed by atoms with Crippen LogP contribution in [0, 0.1) is 11.8 Å². The number of ether oxygens (including phenoxy) is 1. The molecule has 4 atom stereocenters. The Bertz CT molecular complexity index is 1220. The molecule has 4 heterocycles. The first kappa shape index (κ1) is 20.0. The van der Waals surface area contributed by atoms with Crippen LogP contribution in [0.1, 0.15) is 18.4 Å². The highest BCUT2D eigenvalue weighted by atomic mass is 35.5. The van der Waals surface area contributed by atoms with Crippen LogP contribution in [0.15, 0.2) is 36.4 Å². The SMILES string of the molecule is COc1ccc(Cl)cc1N1C(=O)[C@@H]2[C@H]3CCCN3[C@@]3(C(=O)Nc4ccc(Cl)cc43)[C@@H]2C1=O. The third kappa shape index (κ3) is 2.28. The van der Waals surface area contributed by atoms with Gasteiger partial charge in [0, 0.05) is 27.3 Å². The van der Waals surface area contributed by atoms with E-state index in [1.165, 1.54) is 7.11 Å². The minimum atomic E-state index is -1.26. The average molecular weight is 472 g/mol. The van der Waals surface area contributed by atoms with Gasteiger partial charge in [-0.1, -0.05) is 23.2 Å². The van der Waals surface area contributed by atoms with E-state index in [0.717, 1.165) is 17.7 Å². The third-order valence-corrected chi connectivity index (χ3v) is 7.81. The Morgan fingerprint density at radius 2 is 1.81 bits per heavy atom. The van der Waals surface area contributed by atoms with Crippen LogP contribution in [0.25, 0.3) is 0 Å². The molecule has 0 aliphatic carbocycles. The number of carbonyl (C=O) groups excluding carboxylic acids is 3. The number of hydrogen-bond acceptors (Lipinski definition) is 5. The van der Waals surface area contributed by atoms with E-state index in [2.05, 4.69) is 10.2 Å². The van der Waals surface area contributed by atoms with E-state index >= 15 is 0 Å². The molecule has 0 saturated carbocycles. The van der Waals surface area contributed by atoms with Gasteiger partial charge in [0.2, 0.25) is 17.7 Å². The van der Waals surface area contributed by atoms with Gasteiger partial charge in [-0.25, -0.2) is 4.90 Å². The lowest BCUT2D eigenvalue weighted by molar-refractivity contribution is -0.135. The quantitative estimate of drug-likeness (QED) is 0.678. The molecule has 0 unspecified atom stereocenters. The summed E-state index contributed by atoms with van der Waals surface area (Å²) in [5, 5.41) is 3.79. The van der Waals surface area contributed by atoms with E-state index in [1.807, 2.05) is 0 Å². The maximum absolute atomic E-state index is 14.0. The molecule has 0 bridgehead atoms. The van der Waals surface area contributed by atoms with Crippen molar-refractivity contribution < 1.29 is 19.1 Å². The van der Waals surface area contributed by atoms with Crippen LogP contribution >= 0.6 is 23.2 Å². The highest BCUT2D eigenvalue weighted by Gasteiger charge is 2.74. The standard InChI is InChI=1S/C23H19Cl2N3O4/c1-32-17-7-5-12(25)10-16(17)28-20(29)18-15-3-2-8-27(15)23(19(18)21(28)30)13-9-11(24)4-6-14(13)26-22(23)31/h4-7,9-10,15,18-19H,2-3,8H2,1H3,(H,26,31)/t15-,18-,19+,23-/m1/s1. The van der Waals surface area contributed by atoms with Crippen molar-refractivity contribution in [2.75, 3.05) is 23.9 Å². The number of imide groups is 1. The summed E-state index contributed by atoms with van der Waals surface area (Å²) in [6.07, 6.45) is 1.59. The van der Waals surface area contributed by atoms with Crippen LogP contribution in [-0.4, -0.2) is 42.3 Å². The highest BCUT2D eigenvalue weighted by molar-refractivity contribution is 6.32. The molecule has 4 aliphatic rings. The van der Waals surface area contributed by atoms with Crippen molar-refractivity contribution >= 4 is 52.3 Å². The summed E-state index contributed by atoms with van der Waals surface area (Å²) >= 11 is 12.5. The van der Waals surface area contributed by atoms with Crippen molar-refractivity contribution in [1.82, 2.24) is 4.90 Å². The van der Waals surface area contributed by atoms with Gasteiger partial charge in [0.05, 0.1) is 24.6 Å². The van der Waals surface area contributed by atoms with Gasteiger partial charge in [0.25, 0.3) is 0 Å². The molecule has 2 aromatic rings. The lowest BCUT2D eigenvalue weighted by Gasteiger charge is -2.36. The molecule has 4 aliphatic heterocycles. The molecule has 7 nitrogen and oxygen atoms in total. The largest absolute Gasteiger partial charge is 0.495 e. The van der Waals surface area contributed by atoms with E-state index < -0.39 is 23.3 Å². The van der Waals surface area contributed by atoms with Crippen LogP contribution in [-0.2, 0) is 19.9 Å². The minimum absolute atomic E-state index is 0.206. The molecule has 1 spiro atoms. The lowest BCUT2D eigenvalue weighted by Crippen LogP contribution is -2.54. The second kappa shape index (κ2) is 6.70. The third-order valence-electron chi connectivity index (χ3n) is 7.34. The van der Waals surface area contributed by atoms with Gasteiger partial charge in [-0.05, 0) is 55.8 Å². The van der Waals surface area contributed by atoms with Gasteiger partial charge in [-0.15, -0.1) is 0 Å². The summed E-state index contributed by atoms with van der Waals surface area (Å²) in [5.74, 6) is -2.15. The van der Waals surface area contributed by atoms with Crippen LogP contribution in [0.2, 0.25) is 10.0 Å². The number of nitrogens with zero attached hydrogens (tertiary/aromatic N) is 2. The molecule has 0 radical (unpaired) electrons. The molecule has 3 saturated heterocycles. The van der Waals surface area contributed by atoms with E-state index in [0.29, 0.717) is 39.3 Å². The Labute approximate surface area is 194 Å². The number of nitrogens with one attached hydrogen (secondary N) is 1. The molecule has 3 amide bonds. The Balaban J connectivity index is 1.57. The van der Waals surface area contributed by atoms with Gasteiger partial charge in [0.15, 0.2) is 0 Å². The number of benzene rings is 2. The van der Waals surface area contributed by atoms with Crippen LogP contribution in [0.3, 0.4) is 0 Å². The fourth-order valence-corrected chi connectivity index (χ4v) is 6.59. The number of fused-ring (bicyclic) bond motifs is 7. The van der Waals surface area contributed by atoms with E-state index in [-0.39, 0.29) is 17.9 Å². The van der Waals surface area contributed by atoms with Crippen molar-refractivity contribution in [3.8, 4) is 5.75 Å². The van der Waals surface area contributed by atoms with Gasteiger partial charge in [-0.2, -0.15) is 0 Å². The number of halogens is 2. The molecule has 9 heteroatoms. The number of anilines is 2. The summed E-state index contributed by atoms with van der Waals surface area (Å²) in [4.78, 5) is 44.6. The van der Waals surface area contributed by atoms with Gasteiger partial charge >= 0.3 is 0 Å². The fraction of sp³-hybridized carbons (Fsp3) is 0.348. The molecule has 164 valence electrons. The monoisotopic (exact) mass is 471 g/mol. The zero-order valence-electron chi connectivity index (χ0n) is 17.1. The van der Waals surface area contributed by atoms with Gasteiger partial charge < -0.3 is 10.1 Å². The first-order valence-electron chi connectivity index (χ1n) is 10.5. The summed E-state index contributed by atoms with van der Waals surface area (Å²) in [6.45, 7) is 0.637. The molecule has 0 aromatic heterocycles. The lowest BCUT2D eigenvalue weighted by atomic mass is 9.75. The molecular weight excluding hydrogens is 453 g/mol. The van der Waals surface area contributed by atoms with E-state index in [1.54, 1.807) is 36.4 Å². The zero-order chi connectivity index (χ0) is 22.4. The van der Waals surface area contributed by atoms with Gasteiger partial charge in [-0.3, -0.25) is 19.3 Å². The fourth-order valence-electron chi connectivity index (χ4n) is 6.25. The maximum Gasteiger partial charge on any atom is 0.250 e.